The van der Waals surface area contributed by atoms with Gasteiger partial charge in [0, 0.05) is 44.0 Å². The van der Waals surface area contributed by atoms with E-state index in [1.165, 1.54) is 19.3 Å². The molecule has 0 radical (unpaired) electrons. The number of H-pyrrole nitrogens is 1. The summed E-state index contributed by atoms with van der Waals surface area (Å²) in [4.78, 5) is 22.1. The summed E-state index contributed by atoms with van der Waals surface area (Å²) in [5.74, 6) is 1.45. The normalized spacial score (nSPS) is 23.3. The summed E-state index contributed by atoms with van der Waals surface area (Å²) in [5.41, 5.74) is 1.15. The number of hydrogen-bond donors (Lipinski definition) is 2. The van der Waals surface area contributed by atoms with E-state index in [0.29, 0.717) is 0 Å². The lowest BCUT2D eigenvalue weighted by atomic mass is 9.88. The molecule has 2 aliphatic rings. The van der Waals surface area contributed by atoms with Gasteiger partial charge in [0.05, 0.1) is 12.7 Å². The van der Waals surface area contributed by atoms with Crippen molar-refractivity contribution in [2.24, 2.45) is 5.92 Å². The van der Waals surface area contributed by atoms with Crippen molar-refractivity contribution < 1.29 is 9.53 Å². The number of carbonyl (C=O) groups is 1. The van der Waals surface area contributed by atoms with Crippen LogP contribution in [0.25, 0.3) is 0 Å². The molecular weight excluding hydrogens is 304 g/mol. The molecule has 1 unspecified atom stereocenters. The van der Waals surface area contributed by atoms with Crippen molar-refractivity contribution in [1.29, 1.82) is 0 Å². The van der Waals surface area contributed by atoms with Gasteiger partial charge in [-0.2, -0.15) is 0 Å². The van der Waals surface area contributed by atoms with Crippen molar-refractivity contribution in [2.75, 3.05) is 26.2 Å². The number of nitrogens with zero attached hydrogens (tertiary/aromatic N) is 2. The molecule has 0 bridgehead atoms. The molecule has 1 aliphatic heterocycles. The highest BCUT2D eigenvalue weighted by molar-refractivity contribution is 5.78. The van der Waals surface area contributed by atoms with E-state index in [1.54, 1.807) is 0 Å². The lowest BCUT2D eigenvalue weighted by molar-refractivity contribution is -0.126. The third-order valence-electron chi connectivity index (χ3n) is 5.11. The maximum atomic E-state index is 12.2. The first-order valence-electron chi connectivity index (χ1n) is 9.33. The van der Waals surface area contributed by atoms with Gasteiger partial charge < -0.3 is 15.0 Å². The van der Waals surface area contributed by atoms with Crippen LogP contribution in [0.1, 0.15) is 50.0 Å². The molecule has 1 aromatic rings. The Morgan fingerprint density at radius 3 is 3.00 bits per heavy atom. The van der Waals surface area contributed by atoms with Gasteiger partial charge in [-0.25, -0.2) is 4.98 Å². The van der Waals surface area contributed by atoms with Crippen molar-refractivity contribution >= 4 is 5.91 Å². The van der Waals surface area contributed by atoms with Gasteiger partial charge in [0.1, 0.15) is 5.82 Å². The summed E-state index contributed by atoms with van der Waals surface area (Å²) in [6, 6.07) is 0. The lowest BCUT2D eigenvalue weighted by Gasteiger charge is -2.32. The van der Waals surface area contributed by atoms with Gasteiger partial charge in [0.2, 0.25) is 5.91 Å². The maximum Gasteiger partial charge on any atom is 0.223 e. The second-order valence-corrected chi connectivity index (χ2v) is 7.14. The second kappa shape index (κ2) is 8.62. The predicted octanol–water partition coefficient (Wildman–Crippen LogP) is 2.01. The minimum absolute atomic E-state index is 0.203. The van der Waals surface area contributed by atoms with Crippen LogP contribution in [0.5, 0.6) is 0 Å². The Labute approximate surface area is 144 Å². The number of nitrogens with one attached hydrogen (secondary N) is 2. The van der Waals surface area contributed by atoms with E-state index < -0.39 is 0 Å². The summed E-state index contributed by atoms with van der Waals surface area (Å²) in [7, 11) is 0. The number of aromatic amines is 1. The zero-order valence-corrected chi connectivity index (χ0v) is 14.7. The first kappa shape index (κ1) is 17.4. The highest BCUT2D eigenvalue weighted by Crippen LogP contribution is 2.23. The molecule has 24 heavy (non-hydrogen) atoms. The average Bonchev–Trinajstić information content (AvgIpc) is 3.01. The van der Waals surface area contributed by atoms with Crippen LogP contribution in [0.15, 0.2) is 6.20 Å². The Morgan fingerprint density at radius 2 is 2.25 bits per heavy atom. The van der Waals surface area contributed by atoms with E-state index >= 15 is 0 Å². The Bertz CT molecular complexity index is 525. The monoisotopic (exact) mass is 334 g/mol. The van der Waals surface area contributed by atoms with Crippen molar-refractivity contribution in [3.8, 4) is 0 Å². The third-order valence-corrected chi connectivity index (χ3v) is 5.11. The van der Waals surface area contributed by atoms with Gasteiger partial charge in [0.15, 0.2) is 0 Å². The average molecular weight is 334 g/mol. The van der Waals surface area contributed by atoms with E-state index in [0.717, 1.165) is 63.6 Å². The maximum absolute atomic E-state index is 12.2. The van der Waals surface area contributed by atoms with E-state index in [-0.39, 0.29) is 17.9 Å². The molecule has 6 heteroatoms. The van der Waals surface area contributed by atoms with Gasteiger partial charge in [-0.1, -0.05) is 19.3 Å². The highest BCUT2D eigenvalue weighted by atomic mass is 16.5. The number of morpholine rings is 1. The number of ether oxygens (including phenoxy) is 1. The first-order valence-corrected chi connectivity index (χ1v) is 9.33. The van der Waals surface area contributed by atoms with Gasteiger partial charge >= 0.3 is 0 Å². The quantitative estimate of drug-likeness (QED) is 0.835. The SMILES string of the molecule is Cc1ncc(CN2CCOC(CCNC(=O)C3CCCCC3)C2)[nH]1. The van der Waals surface area contributed by atoms with Crippen molar-refractivity contribution in [1.82, 2.24) is 20.2 Å². The molecule has 1 amide bonds. The van der Waals surface area contributed by atoms with Crippen LogP contribution >= 0.6 is 0 Å². The molecular formula is C18H30N4O2. The fourth-order valence-corrected chi connectivity index (χ4v) is 3.76. The van der Waals surface area contributed by atoms with Gasteiger partial charge in [-0.15, -0.1) is 0 Å². The number of amides is 1. The van der Waals surface area contributed by atoms with Crippen LogP contribution < -0.4 is 5.32 Å². The number of hydrogen-bond acceptors (Lipinski definition) is 4. The summed E-state index contributed by atoms with van der Waals surface area (Å²) in [5, 5.41) is 3.11. The Hall–Kier alpha value is -1.40. The Balaban J connectivity index is 1.36. The van der Waals surface area contributed by atoms with Crippen LogP contribution in [0, 0.1) is 12.8 Å². The molecule has 1 atom stereocenters. The molecule has 1 saturated heterocycles. The van der Waals surface area contributed by atoms with Crippen molar-refractivity contribution in [3.05, 3.63) is 17.7 Å². The minimum Gasteiger partial charge on any atom is -0.375 e. The van der Waals surface area contributed by atoms with Gasteiger partial charge in [-0.05, 0) is 26.2 Å². The zero-order valence-electron chi connectivity index (χ0n) is 14.7. The van der Waals surface area contributed by atoms with Crippen LogP contribution in [0.3, 0.4) is 0 Å². The highest BCUT2D eigenvalue weighted by Gasteiger charge is 2.23. The Kier molecular flexibility index (Phi) is 6.26. The topological polar surface area (TPSA) is 70.2 Å². The summed E-state index contributed by atoms with van der Waals surface area (Å²) in [6.45, 7) is 6.20. The lowest BCUT2D eigenvalue weighted by Crippen LogP contribution is -2.43. The molecule has 6 nitrogen and oxygen atoms in total. The van der Waals surface area contributed by atoms with Gasteiger partial charge in [0.25, 0.3) is 0 Å². The smallest absolute Gasteiger partial charge is 0.223 e. The number of rotatable bonds is 6. The number of aryl methyl sites for hydroxylation is 1. The second-order valence-electron chi connectivity index (χ2n) is 7.14. The summed E-state index contributed by atoms with van der Waals surface area (Å²) in [6.07, 6.45) is 8.80. The van der Waals surface area contributed by atoms with Crippen LogP contribution in [-0.2, 0) is 16.1 Å². The summed E-state index contributed by atoms with van der Waals surface area (Å²) < 4.78 is 5.86. The van der Waals surface area contributed by atoms with E-state index in [9.17, 15) is 4.79 Å². The van der Waals surface area contributed by atoms with E-state index in [1.807, 2.05) is 13.1 Å². The predicted molar refractivity (Wildman–Crippen MR) is 92.5 cm³/mol. The number of carbonyl (C=O) groups excluding carboxylic acids is 1. The van der Waals surface area contributed by atoms with Crippen molar-refractivity contribution in [2.45, 2.75) is 58.1 Å². The van der Waals surface area contributed by atoms with E-state index in [2.05, 4.69) is 20.2 Å². The molecule has 1 aliphatic carbocycles. The van der Waals surface area contributed by atoms with Crippen LogP contribution in [0.2, 0.25) is 0 Å². The van der Waals surface area contributed by atoms with Gasteiger partial charge in [-0.3, -0.25) is 9.69 Å². The molecule has 2 fully saturated rings. The van der Waals surface area contributed by atoms with E-state index in [4.69, 9.17) is 4.74 Å². The standard InChI is InChI=1S/C18H30N4O2/c1-14-20-11-16(21-14)12-22-9-10-24-17(13-22)7-8-19-18(23)15-5-3-2-4-6-15/h11,15,17H,2-10,12-13H2,1H3,(H,19,23)(H,20,21). The fourth-order valence-electron chi connectivity index (χ4n) is 3.76. The minimum atomic E-state index is 0.203. The first-order chi connectivity index (χ1) is 11.7. The third kappa shape index (κ3) is 5.05. The number of imidazole rings is 1. The zero-order chi connectivity index (χ0) is 16.8. The van der Waals surface area contributed by atoms with Crippen LogP contribution in [-0.4, -0.2) is 53.1 Å². The molecule has 2 N–H and O–H groups in total. The largest absolute Gasteiger partial charge is 0.375 e. The number of aromatic nitrogens is 2. The van der Waals surface area contributed by atoms with Crippen LogP contribution in [0.4, 0.5) is 0 Å². The summed E-state index contributed by atoms with van der Waals surface area (Å²) >= 11 is 0. The molecule has 1 aromatic heterocycles. The molecule has 134 valence electrons. The molecule has 2 heterocycles. The molecule has 3 rings (SSSR count). The molecule has 0 spiro atoms. The molecule has 0 aromatic carbocycles. The van der Waals surface area contributed by atoms with Crippen molar-refractivity contribution in [3.63, 3.8) is 0 Å². The fraction of sp³-hybridized carbons (Fsp3) is 0.778. The Morgan fingerprint density at radius 1 is 1.42 bits per heavy atom. The molecule has 1 saturated carbocycles.